The van der Waals surface area contributed by atoms with E-state index in [-0.39, 0.29) is 17.5 Å². The SMILES string of the molecule is Cc1c(C(=O)NCc2cnc[nH]2)oc2ccc(F)cc12. The van der Waals surface area contributed by atoms with Gasteiger partial charge in [-0.3, -0.25) is 4.79 Å². The fourth-order valence-corrected chi connectivity index (χ4v) is 2.05. The Bertz CT molecular complexity index is 762. The molecular weight excluding hydrogens is 261 g/mol. The van der Waals surface area contributed by atoms with Gasteiger partial charge in [-0.1, -0.05) is 0 Å². The van der Waals surface area contributed by atoms with E-state index in [1.165, 1.54) is 24.5 Å². The average molecular weight is 273 g/mol. The van der Waals surface area contributed by atoms with E-state index in [4.69, 9.17) is 4.42 Å². The van der Waals surface area contributed by atoms with Crippen molar-refractivity contribution in [1.29, 1.82) is 0 Å². The minimum Gasteiger partial charge on any atom is -0.451 e. The Morgan fingerprint density at radius 1 is 1.50 bits per heavy atom. The number of hydrogen-bond acceptors (Lipinski definition) is 3. The molecule has 102 valence electrons. The smallest absolute Gasteiger partial charge is 0.287 e. The highest BCUT2D eigenvalue weighted by Crippen LogP contribution is 2.25. The van der Waals surface area contributed by atoms with E-state index >= 15 is 0 Å². The lowest BCUT2D eigenvalue weighted by molar-refractivity contribution is 0.0924. The van der Waals surface area contributed by atoms with Gasteiger partial charge < -0.3 is 14.7 Å². The zero-order chi connectivity index (χ0) is 14.1. The van der Waals surface area contributed by atoms with Crippen LogP contribution in [0.5, 0.6) is 0 Å². The van der Waals surface area contributed by atoms with Gasteiger partial charge in [-0.05, 0) is 25.1 Å². The minimum absolute atomic E-state index is 0.199. The number of aromatic amines is 1. The monoisotopic (exact) mass is 273 g/mol. The maximum absolute atomic E-state index is 13.2. The van der Waals surface area contributed by atoms with Crippen LogP contribution >= 0.6 is 0 Å². The lowest BCUT2D eigenvalue weighted by Gasteiger charge is -2.01. The molecule has 20 heavy (non-hydrogen) atoms. The summed E-state index contributed by atoms with van der Waals surface area (Å²) in [6.07, 6.45) is 3.16. The summed E-state index contributed by atoms with van der Waals surface area (Å²) in [5.74, 6) is -0.496. The zero-order valence-corrected chi connectivity index (χ0v) is 10.7. The second kappa shape index (κ2) is 4.80. The highest BCUT2D eigenvalue weighted by Gasteiger charge is 2.17. The van der Waals surface area contributed by atoms with Crippen molar-refractivity contribution in [3.8, 4) is 0 Å². The molecule has 0 radical (unpaired) electrons. The molecule has 0 fully saturated rings. The second-order valence-corrected chi connectivity index (χ2v) is 4.46. The Kier molecular flexibility index (Phi) is 2.98. The molecule has 6 heteroatoms. The average Bonchev–Trinajstić information content (AvgIpc) is 3.05. The standard InChI is InChI=1S/C14H12FN3O2/c1-8-11-4-9(15)2-3-12(11)20-13(8)14(19)17-6-10-5-16-7-18-10/h2-5,7H,6H2,1H3,(H,16,18)(H,17,19). The summed E-state index contributed by atoms with van der Waals surface area (Å²) < 4.78 is 18.7. The molecule has 0 bridgehead atoms. The molecule has 5 nitrogen and oxygen atoms in total. The fraction of sp³-hybridized carbons (Fsp3) is 0.143. The number of carbonyl (C=O) groups excluding carboxylic acids is 1. The lowest BCUT2D eigenvalue weighted by Crippen LogP contribution is -2.23. The fourth-order valence-electron chi connectivity index (χ4n) is 2.05. The maximum atomic E-state index is 13.2. The van der Waals surface area contributed by atoms with Crippen LogP contribution in [0.25, 0.3) is 11.0 Å². The van der Waals surface area contributed by atoms with Crippen LogP contribution < -0.4 is 5.32 Å². The van der Waals surface area contributed by atoms with Gasteiger partial charge in [0, 0.05) is 17.1 Å². The predicted octanol–water partition coefficient (Wildman–Crippen LogP) is 2.53. The summed E-state index contributed by atoms with van der Waals surface area (Å²) in [5.41, 5.74) is 1.91. The van der Waals surface area contributed by atoms with Gasteiger partial charge in [0.05, 0.1) is 18.6 Å². The van der Waals surface area contributed by atoms with Crippen LogP contribution in [-0.2, 0) is 6.54 Å². The zero-order valence-electron chi connectivity index (χ0n) is 10.7. The van der Waals surface area contributed by atoms with Crippen molar-refractivity contribution in [3.63, 3.8) is 0 Å². The van der Waals surface area contributed by atoms with Gasteiger partial charge in [0.25, 0.3) is 5.91 Å². The Hall–Kier alpha value is -2.63. The summed E-state index contributed by atoms with van der Waals surface area (Å²) >= 11 is 0. The van der Waals surface area contributed by atoms with Gasteiger partial charge in [0.15, 0.2) is 5.76 Å². The molecule has 0 aliphatic carbocycles. The summed E-state index contributed by atoms with van der Waals surface area (Å²) in [6, 6.07) is 4.18. The minimum atomic E-state index is -0.356. The molecule has 1 amide bonds. The summed E-state index contributed by atoms with van der Waals surface area (Å²) in [6.45, 7) is 2.06. The van der Waals surface area contributed by atoms with Gasteiger partial charge in [-0.2, -0.15) is 0 Å². The number of H-pyrrole nitrogens is 1. The molecule has 1 aromatic carbocycles. The van der Waals surface area contributed by atoms with Crippen molar-refractivity contribution in [2.24, 2.45) is 0 Å². The van der Waals surface area contributed by atoms with Crippen LogP contribution in [0.3, 0.4) is 0 Å². The van der Waals surface area contributed by atoms with E-state index in [1.807, 2.05) is 0 Å². The number of halogens is 1. The molecule has 2 aromatic heterocycles. The van der Waals surface area contributed by atoms with Gasteiger partial charge >= 0.3 is 0 Å². The first-order valence-electron chi connectivity index (χ1n) is 6.09. The van der Waals surface area contributed by atoms with Crippen molar-refractivity contribution in [2.75, 3.05) is 0 Å². The third kappa shape index (κ3) is 2.16. The van der Waals surface area contributed by atoms with Gasteiger partial charge in [0.2, 0.25) is 0 Å². The predicted molar refractivity (Wildman–Crippen MR) is 70.7 cm³/mol. The number of amides is 1. The van der Waals surface area contributed by atoms with Crippen LogP contribution in [-0.4, -0.2) is 15.9 Å². The van der Waals surface area contributed by atoms with Crippen LogP contribution in [0.2, 0.25) is 0 Å². The third-order valence-corrected chi connectivity index (χ3v) is 3.10. The number of benzene rings is 1. The van der Waals surface area contributed by atoms with Crippen molar-refractivity contribution >= 4 is 16.9 Å². The molecule has 0 spiro atoms. The number of imidazole rings is 1. The maximum Gasteiger partial charge on any atom is 0.287 e. The summed E-state index contributed by atoms with van der Waals surface area (Å²) in [4.78, 5) is 18.8. The number of rotatable bonds is 3. The molecule has 3 aromatic rings. The second-order valence-electron chi connectivity index (χ2n) is 4.46. The Morgan fingerprint density at radius 2 is 2.35 bits per heavy atom. The third-order valence-electron chi connectivity index (χ3n) is 3.10. The number of carbonyl (C=O) groups is 1. The molecule has 0 aliphatic rings. The molecule has 0 saturated heterocycles. The number of aromatic nitrogens is 2. The number of nitrogens with one attached hydrogen (secondary N) is 2. The van der Waals surface area contributed by atoms with E-state index in [9.17, 15) is 9.18 Å². The molecule has 0 atom stereocenters. The first-order valence-corrected chi connectivity index (χ1v) is 6.09. The number of fused-ring (bicyclic) bond motifs is 1. The van der Waals surface area contributed by atoms with E-state index in [2.05, 4.69) is 15.3 Å². The van der Waals surface area contributed by atoms with Crippen LogP contribution in [0.4, 0.5) is 4.39 Å². The molecular formula is C14H12FN3O2. The van der Waals surface area contributed by atoms with Crippen LogP contribution in [0.15, 0.2) is 35.1 Å². The van der Waals surface area contributed by atoms with Gasteiger partial charge in [0.1, 0.15) is 11.4 Å². The van der Waals surface area contributed by atoms with Crippen molar-refractivity contribution < 1.29 is 13.6 Å². The van der Waals surface area contributed by atoms with E-state index in [0.29, 0.717) is 23.1 Å². The number of nitrogens with zero attached hydrogens (tertiary/aromatic N) is 1. The number of hydrogen-bond donors (Lipinski definition) is 2. The quantitative estimate of drug-likeness (QED) is 0.770. The van der Waals surface area contributed by atoms with Crippen molar-refractivity contribution in [3.05, 3.63) is 53.6 Å². The van der Waals surface area contributed by atoms with Crippen molar-refractivity contribution in [1.82, 2.24) is 15.3 Å². The van der Waals surface area contributed by atoms with Gasteiger partial charge in [-0.25, -0.2) is 9.37 Å². The molecule has 0 saturated carbocycles. The first-order chi connectivity index (χ1) is 9.65. The summed E-state index contributed by atoms with van der Waals surface area (Å²) in [5, 5.41) is 3.33. The highest BCUT2D eigenvalue weighted by molar-refractivity contribution is 5.98. The van der Waals surface area contributed by atoms with E-state index < -0.39 is 0 Å². The first kappa shape index (κ1) is 12.4. The lowest BCUT2D eigenvalue weighted by atomic mass is 10.1. The number of aryl methyl sites for hydroxylation is 1. The molecule has 2 N–H and O–H groups in total. The molecule has 3 rings (SSSR count). The van der Waals surface area contributed by atoms with Crippen molar-refractivity contribution in [2.45, 2.75) is 13.5 Å². The Morgan fingerprint density at radius 3 is 3.10 bits per heavy atom. The van der Waals surface area contributed by atoms with E-state index in [0.717, 1.165) is 5.69 Å². The topological polar surface area (TPSA) is 70.9 Å². The largest absolute Gasteiger partial charge is 0.451 e. The van der Waals surface area contributed by atoms with Gasteiger partial charge in [-0.15, -0.1) is 0 Å². The van der Waals surface area contributed by atoms with E-state index in [1.54, 1.807) is 13.1 Å². The molecule has 0 unspecified atom stereocenters. The molecule has 0 aliphatic heterocycles. The highest BCUT2D eigenvalue weighted by atomic mass is 19.1. The van der Waals surface area contributed by atoms with Crippen LogP contribution in [0, 0.1) is 12.7 Å². The Labute approximate surface area is 113 Å². The van der Waals surface area contributed by atoms with Crippen LogP contribution in [0.1, 0.15) is 21.8 Å². The number of furan rings is 1. The molecule has 2 heterocycles. The summed E-state index contributed by atoms with van der Waals surface area (Å²) in [7, 11) is 0. The normalized spacial score (nSPS) is 10.9. The Balaban J connectivity index is 1.86.